The van der Waals surface area contributed by atoms with Gasteiger partial charge in [0, 0.05) is 19.3 Å². The lowest BCUT2D eigenvalue weighted by molar-refractivity contribution is -0.167. The van der Waals surface area contributed by atoms with Gasteiger partial charge in [0.2, 0.25) is 0 Å². The number of hydrogen-bond donors (Lipinski definition) is 0. The highest BCUT2D eigenvalue weighted by Crippen LogP contribution is 2.16. The van der Waals surface area contributed by atoms with Gasteiger partial charge < -0.3 is 14.2 Å². The van der Waals surface area contributed by atoms with Crippen molar-refractivity contribution in [3.8, 4) is 0 Å². The average Bonchev–Trinajstić information content (AvgIpc) is 3.31. The molecule has 0 amide bonds. The monoisotopic (exact) mass is 925 g/mol. The van der Waals surface area contributed by atoms with Crippen LogP contribution in [-0.2, 0) is 28.6 Å². The third-order valence-electron chi connectivity index (χ3n) is 12.6. The van der Waals surface area contributed by atoms with Gasteiger partial charge in [-0.3, -0.25) is 14.4 Å². The van der Waals surface area contributed by atoms with E-state index in [4.69, 9.17) is 14.2 Å². The highest BCUT2D eigenvalue weighted by atomic mass is 16.6. The van der Waals surface area contributed by atoms with Crippen LogP contribution in [0.5, 0.6) is 0 Å². The van der Waals surface area contributed by atoms with Crippen LogP contribution >= 0.6 is 0 Å². The number of ether oxygens (including phenoxy) is 3. The molecule has 0 heterocycles. The highest BCUT2D eigenvalue weighted by Gasteiger charge is 2.19. The van der Waals surface area contributed by atoms with Crippen molar-refractivity contribution in [2.45, 2.75) is 303 Å². The lowest BCUT2D eigenvalue weighted by Gasteiger charge is -2.18. The van der Waals surface area contributed by atoms with Gasteiger partial charge in [-0.2, -0.15) is 0 Å². The predicted octanol–water partition coefficient (Wildman–Crippen LogP) is 19.0. The molecule has 1 unspecified atom stereocenters. The zero-order chi connectivity index (χ0) is 47.9. The smallest absolute Gasteiger partial charge is 0.306 e. The Hall–Kier alpha value is -2.63. The zero-order valence-corrected chi connectivity index (χ0v) is 44.0. The molecule has 0 aromatic rings. The van der Waals surface area contributed by atoms with E-state index in [-0.39, 0.29) is 31.1 Å². The van der Waals surface area contributed by atoms with Crippen LogP contribution in [0.25, 0.3) is 0 Å². The molecule has 0 aliphatic rings. The average molecular weight is 926 g/mol. The van der Waals surface area contributed by atoms with Crippen LogP contribution in [-0.4, -0.2) is 37.2 Å². The summed E-state index contributed by atoms with van der Waals surface area (Å²) in [5.74, 6) is -0.876. The molecule has 66 heavy (non-hydrogen) atoms. The molecule has 0 bridgehead atoms. The van der Waals surface area contributed by atoms with Crippen molar-refractivity contribution in [1.82, 2.24) is 0 Å². The van der Waals surface area contributed by atoms with Crippen LogP contribution in [0.1, 0.15) is 297 Å². The Labute approximate surface area is 409 Å². The van der Waals surface area contributed by atoms with E-state index in [1.807, 2.05) is 0 Å². The summed E-state index contributed by atoms with van der Waals surface area (Å²) >= 11 is 0. The van der Waals surface area contributed by atoms with E-state index in [9.17, 15) is 14.4 Å². The molecule has 6 heteroatoms. The molecule has 0 rings (SSSR count). The van der Waals surface area contributed by atoms with E-state index < -0.39 is 6.10 Å². The summed E-state index contributed by atoms with van der Waals surface area (Å²) in [4.78, 5) is 38.1. The van der Waals surface area contributed by atoms with Gasteiger partial charge in [0.1, 0.15) is 13.2 Å². The van der Waals surface area contributed by atoms with Crippen LogP contribution in [0.15, 0.2) is 48.6 Å². The summed E-state index contributed by atoms with van der Waals surface area (Å²) in [7, 11) is 0. The van der Waals surface area contributed by atoms with Gasteiger partial charge >= 0.3 is 17.9 Å². The minimum atomic E-state index is -0.778. The van der Waals surface area contributed by atoms with Gasteiger partial charge in [-0.25, -0.2) is 0 Å². The van der Waals surface area contributed by atoms with Gasteiger partial charge in [0.05, 0.1) is 0 Å². The van der Waals surface area contributed by atoms with Gasteiger partial charge in [-0.1, -0.05) is 249 Å². The molecule has 0 N–H and O–H groups in total. The summed E-state index contributed by atoms with van der Waals surface area (Å²) in [5.41, 5.74) is 0. The van der Waals surface area contributed by atoms with Crippen LogP contribution in [0.3, 0.4) is 0 Å². The maximum absolute atomic E-state index is 12.8. The van der Waals surface area contributed by atoms with Crippen molar-refractivity contribution in [3.05, 3.63) is 48.6 Å². The van der Waals surface area contributed by atoms with Crippen molar-refractivity contribution < 1.29 is 28.6 Å². The lowest BCUT2D eigenvalue weighted by Crippen LogP contribution is -2.30. The number of allylic oxidation sites excluding steroid dienone is 8. The summed E-state index contributed by atoms with van der Waals surface area (Å²) in [6.45, 7) is 6.55. The van der Waals surface area contributed by atoms with Crippen molar-refractivity contribution in [3.63, 3.8) is 0 Å². The van der Waals surface area contributed by atoms with Crippen LogP contribution in [0, 0.1) is 0 Å². The van der Waals surface area contributed by atoms with Crippen molar-refractivity contribution in [1.29, 1.82) is 0 Å². The Morgan fingerprint density at radius 2 is 0.591 bits per heavy atom. The SMILES string of the molecule is CC/C=C\C/C=C\C/C=C\CCCCCCCCCC(=O)OC(COC(=O)CCCCCCCCC/C=C\CCCCCCCCC)COC(=O)CCCCCCCCCCCCCCC. The quantitative estimate of drug-likeness (QED) is 0.0262. The van der Waals surface area contributed by atoms with E-state index in [1.165, 1.54) is 173 Å². The second-order valence-electron chi connectivity index (χ2n) is 19.2. The maximum atomic E-state index is 12.8. The Kier molecular flexibility index (Phi) is 52.8. The first-order chi connectivity index (χ1) is 32.5. The molecule has 0 aromatic heterocycles. The molecule has 0 saturated heterocycles. The van der Waals surface area contributed by atoms with Crippen molar-refractivity contribution >= 4 is 17.9 Å². The Morgan fingerprint density at radius 3 is 0.939 bits per heavy atom. The molecule has 1 atom stereocenters. The van der Waals surface area contributed by atoms with E-state index in [0.29, 0.717) is 19.3 Å². The van der Waals surface area contributed by atoms with E-state index in [0.717, 1.165) is 83.5 Å². The number of carbonyl (C=O) groups excluding carboxylic acids is 3. The van der Waals surface area contributed by atoms with Crippen LogP contribution in [0.2, 0.25) is 0 Å². The zero-order valence-electron chi connectivity index (χ0n) is 44.0. The standard InChI is InChI=1S/C60H108O6/c1-4-7-10-13-16-19-22-25-27-29-31-32-35-38-41-44-47-50-53-59(62)65-56-57(55-64-58(61)52-49-46-43-40-37-34-24-21-18-15-12-9-6-3)66-60(63)54-51-48-45-42-39-36-33-30-28-26-23-20-17-14-11-8-5-2/h8,11,17,20,26-29,57H,4-7,9-10,12-16,18-19,21-25,30-56H2,1-3H3/b11-8-,20-17-,28-26-,29-27-. The number of unbranched alkanes of at least 4 members (excludes halogenated alkanes) is 33. The first-order valence-corrected chi connectivity index (χ1v) is 28.6. The molecular weight excluding hydrogens is 817 g/mol. The molecule has 0 aromatic carbocycles. The predicted molar refractivity (Wildman–Crippen MR) is 284 cm³/mol. The summed E-state index contributed by atoms with van der Waals surface area (Å²) in [5, 5.41) is 0. The summed E-state index contributed by atoms with van der Waals surface area (Å²) < 4.78 is 16.9. The topological polar surface area (TPSA) is 78.9 Å². The fourth-order valence-corrected chi connectivity index (χ4v) is 8.28. The molecule has 0 spiro atoms. The minimum Gasteiger partial charge on any atom is -0.462 e. The summed E-state index contributed by atoms with van der Waals surface area (Å²) in [6, 6.07) is 0. The van der Waals surface area contributed by atoms with Gasteiger partial charge in [-0.05, 0) is 77.0 Å². The number of hydrogen-bond acceptors (Lipinski definition) is 6. The number of carbonyl (C=O) groups is 3. The Balaban J connectivity index is 4.36. The molecule has 0 radical (unpaired) electrons. The van der Waals surface area contributed by atoms with Gasteiger partial charge in [-0.15, -0.1) is 0 Å². The normalized spacial score (nSPS) is 12.3. The lowest BCUT2D eigenvalue weighted by atomic mass is 10.0. The van der Waals surface area contributed by atoms with E-state index >= 15 is 0 Å². The maximum Gasteiger partial charge on any atom is 0.306 e. The van der Waals surface area contributed by atoms with Crippen LogP contribution < -0.4 is 0 Å². The first-order valence-electron chi connectivity index (χ1n) is 28.6. The summed E-state index contributed by atoms with van der Waals surface area (Å²) in [6.07, 6.45) is 66.7. The Morgan fingerprint density at radius 1 is 0.318 bits per heavy atom. The number of rotatable bonds is 52. The molecule has 0 aliphatic carbocycles. The third kappa shape index (κ3) is 52.3. The first kappa shape index (κ1) is 63.4. The van der Waals surface area contributed by atoms with Crippen LogP contribution in [0.4, 0.5) is 0 Å². The van der Waals surface area contributed by atoms with Gasteiger partial charge in [0.25, 0.3) is 0 Å². The molecule has 384 valence electrons. The van der Waals surface area contributed by atoms with Crippen molar-refractivity contribution in [2.24, 2.45) is 0 Å². The van der Waals surface area contributed by atoms with Gasteiger partial charge in [0.15, 0.2) is 6.10 Å². The van der Waals surface area contributed by atoms with E-state index in [2.05, 4.69) is 69.4 Å². The second-order valence-corrected chi connectivity index (χ2v) is 19.2. The minimum absolute atomic E-state index is 0.0756. The second kappa shape index (κ2) is 55.0. The van der Waals surface area contributed by atoms with E-state index in [1.54, 1.807) is 0 Å². The highest BCUT2D eigenvalue weighted by molar-refractivity contribution is 5.71. The molecule has 6 nitrogen and oxygen atoms in total. The number of esters is 3. The van der Waals surface area contributed by atoms with Crippen molar-refractivity contribution in [2.75, 3.05) is 13.2 Å². The largest absolute Gasteiger partial charge is 0.462 e. The molecule has 0 saturated carbocycles. The third-order valence-corrected chi connectivity index (χ3v) is 12.6. The molecule has 0 fully saturated rings. The molecule has 0 aliphatic heterocycles. The fraction of sp³-hybridized carbons (Fsp3) is 0.817. The fourth-order valence-electron chi connectivity index (χ4n) is 8.28. The Bertz CT molecular complexity index is 1150. The molecular formula is C60H108O6.